The summed E-state index contributed by atoms with van der Waals surface area (Å²) in [6.45, 7) is 0. The first-order valence-electron chi connectivity index (χ1n) is 4.05. The van der Waals surface area contributed by atoms with Gasteiger partial charge in [0.1, 0.15) is 0 Å². The third-order valence-corrected chi connectivity index (χ3v) is 4.66. The summed E-state index contributed by atoms with van der Waals surface area (Å²) < 4.78 is 2.28. The largest absolute Gasteiger partial charge is 0.398 e. The molecular formula is C10H7IN2S. The predicted molar refractivity (Wildman–Crippen MR) is 68.3 cm³/mol. The van der Waals surface area contributed by atoms with Crippen molar-refractivity contribution in [1.82, 2.24) is 0 Å². The number of benzene rings is 1. The smallest absolute Gasteiger partial charge is 0.0696 e. The summed E-state index contributed by atoms with van der Waals surface area (Å²) >= 11 is 3.90. The zero-order valence-corrected chi connectivity index (χ0v) is 10.2. The number of rotatable bonds is 1. The van der Waals surface area contributed by atoms with Gasteiger partial charge < -0.3 is 5.73 Å². The van der Waals surface area contributed by atoms with Crippen molar-refractivity contribution in [2.45, 2.75) is 6.42 Å². The van der Waals surface area contributed by atoms with Crippen molar-refractivity contribution in [2.75, 3.05) is 5.73 Å². The van der Waals surface area contributed by atoms with E-state index in [1.807, 2.05) is 12.1 Å². The van der Waals surface area contributed by atoms with Crippen LogP contribution in [0.3, 0.4) is 0 Å². The number of thiophene rings is 1. The first kappa shape index (κ1) is 9.74. The van der Waals surface area contributed by atoms with Gasteiger partial charge in [0.2, 0.25) is 0 Å². The molecule has 0 saturated heterocycles. The Bertz CT molecular complexity index is 525. The van der Waals surface area contributed by atoms with Crippen LogP contribution in [0.2, 0.25) is 0 Å². The zero-order chi connectivity index (χ0) is 10.1. The molecule has 1 heterocycles. The number of anilines is 1. The molecule has 0 radical (unpaired) electrons. The summed E-state index contributed by atoms with van der Waals surface area (Å²) in [4.78, 5) is 1.10. The van der Waals surface area contributed by atoms with E-state index in [0.29, 0.717) is 6.42 Å². The van der Waals surface area contributed by atoms with Gasteiger partial charge in [-0.25, -0.2) is 0 Å². The highest BCUT2D eigenvalue weighted by molar-refractivity contribution is 14.1. The summed E-state index contributed by atoms with van der Waals surface area (Å²) in [6, 6.07) is 8.13. The van der Waals surface area contributed by atoms with Gasteiger partial charge in [-0.3, -0.25) is 0 Å². The Morgan fingerprint density at radius 1 is 1.50 bits per heavy atom. The fraction of sp³-hybridized carbons (Fsp3) is 0.100. The zero-order valence-electron chi connectivity index (χ0n) is 7.25. The molecule has 14 heavy (non-hydrogen) atoms. The van der Waals surface area contributed by atoms with Gasteiger partial charge in [0.25, 0.3) is 0 Å². The van der Waals surface area contributed by atoms with E-state index in [1.165, 1.54) is 10.1 Å². The van der Waals surface area contributed by atoms with Crippen LogP contribution in [-0.4, -0.2) is 0 Å². The molecule has 0 spiro atoms. The van der Waals surface area contributed by atoms with Gasteiger partial charge in [-0.1, -0.05) is 6.07 Å². The average Bonchev–Trinajstić information content (AvgIpc) is 2.56. The van der Waals surface area contributed by atoms with E-state index in [0.717, 1.165) is 14.1 Å². The van der Waals surface area contributed by atoms with E-state index in [9.17, 15) is 0 Å². The van der Waals surface area contributed by atoms with Gasteiger partial charge >= 0.3 is 0 Å². The summed E-state index contributed by atoms with van der Waals surface area (Å²) in [5.41, 5.74) is 6.61. The molecule has 0 aliphatic carbocycles. The van der Waals surface area contributed by atoms with Crippen LogP contribution >= 0.6 is 33.9 Å². The fourth-order valence-electron chi connectivity index (χ4n) is 1.30. The Balaban J connectivity index is 2.66. The molecule has 2 rings (SSSR count). The molecule has 70 valence electrons. The molecule has 2 N–H and O–H groups in total. The van der Waals surface area contributed by atoms with E-state index in [-0.39, 0.29) is 0 Å². The Morgan fingerprint density at radius 2 is 2.29 bits per heavy atom. The standard InChI is InChI=1S/C10H7IN2S/c11-9-8(13)2-1-6-5-7(3-4-12)14-10(6)9/h1-2,5H,3,13H2. The Hall–Kier alpha value is -0.800. The summed E-state index contributed by atoms with van der Waals surface area (Å²) in [6.07, 6.45) is 0.481. The average molecular weight is 314 g/mol. The molecule has 0 amide bonds. The number of fused-ring (bicyclic) bond motifs is 1. The van der Waals surface area contributed by atoms with Gasteiger partial charge in [0.15, 0.2) is 0 Å². The Morgan fingerprint density at radius 3 is 3.00 bits per heavy atom. The molecule has 0 saturated carbocycles. The minimum atomic E-state index is 0.481. The molecule has 1 aromatic carbocycles. The maximum atomic E-state index is 8.60. The van der Waals surface area contributed by atoms with E-state index in [4.69, 9.17) is 11.0 Å². The number of nitriles is 1. The van der Waals surface area contributed by atoms with Crippen molar-refractivity contribution in [3.05, 3.63) is 26.6 Å². The van der Waals surface area contributed by atoms with Crippen LogP contribution in [0, 0.1) is 14.9 Å². The van der Waals surface area contributed by atoms with Crippen molar-refractivity contribution < 1.29 is 0 Å². The van der Waals surface area contributed by atoms with Gasteiger partial charge in [-0.2, -0.15) is 5.26 Å². The third kappa shape index (κ3) is 1.57. The first-order valence-corrected chi connectivity index (χ1v) is 5.95. The Labute approximate surface area is 99.5 Å². The molecule has 2 aromatic rings. The highest BCUT2D eigenvalue weighted by Crippen LogP contribution is 2.33. The van der Waals surface area contributed by atoms with Crippen LogP contribution in [0.1, 0.15) is 4.88 Å². The van der Waals surface area contributed by atoms with E-state index in [1.54, 1.807) is 11.3 Å². The van der Waals surface area contributed by atoms with Gasteiger partial charge in [0.05, 0.1) is 16.1 Å². The lowest BCUT2D eigenvalue weighted by molar-refractivity contribution is 1.32. The van der Waals surface area contributed by atoms with Crippen molar-refractivity contribution in [3.63, 3.8) is 0 Å². The third-order valence-electron chi connectivity index (χ3n) is 1.96. The normalized spacial score (nSPS) is 10.3. The molecule has 2 nitrogen and oxygen atoms in total. The van der Waals surface area contributed by atoms with Crippen LogP contribution in [0.15, 0.2) is 18.2 Å². The molecule has 0 unspecified atom stereocenters. The van der Waals surface area contributed by atoms with E-state index in [2.05, 4.69) is 34.7 Å². The fourth-order valence-corrected chi connectivity index (χ4v) is 3.16. The van der Waals surface area contributed by atoms with E-state index >= 15 is 0 Å². The first-order chi connectivity index (χ1) is 6.72. The van der Waals surface area contributed by atoms with Gasteiger partial charge in [0, 0.05) is 15.3 Å². The number of nitrogen functional groups attached to an aromatic ring is 1. The van der Waals surface area contributed by atoms with Crippen molar-refractivity contribution in [1.29, 1.82) is 5.26 Å². The summed E-state index contributed by atoms with van der Waals surface area (Å²) in [5, 5.41) is 9.78. The lowest BCUT2D eigenvalue weighted by Gasteiger charge is -1.97. The minimum Gasteiger partial charge on any atom is -0.398 e. The lowest BCUT2D eigenvalue weighted by Crippen LogP contribution is -1.87. The molecule has 0 aliphatic heterocycles. The SMILES string of the molecule is N#CCc1cc2ccc(N)c(I)c2s1. The van der Waals surface area contributed by atoms with Gasteiger partial charge in [-0.15, -0.1) is 11.3 Å². The van der Waals surface area contributed by atoms with Crippen molar-refractivity contribution >= 4 is 49.7 Å². The maximum absolute atomic E-state index is 8.60. The van der Waals surface area contributed by atoms with Crippen LogP contribution < -0.4 is 5.73 Å². The Kier molecular flexibility index (Phi) is 2.61. The number of hydrogen-bond acceptors (Lipinski definition) is 3. The minimum absolute atomic E-state index is 0.481. The van der Waals surface area contributed by atoms with Crippen molar-refractivity contribution in [3.8, 4) is 6.07 Å². The van der Waals surface area contributed by atoms with Crippen molar-refractivity contribution in [2.24, 2.45) is 0 Å². The van der Waals surface area contributed by atoms with Gasteiger partial charge in [-0.05, 0) is 40.1 Å². The lowest BCUT2D eigenvalue weighted by atomic mass is 10.2. The second kappa shape index (κ2) is 3.75. The summed E-state index contributed by atoms with van der Waals surface area (Å²) in [7, 11) is 0. The molecule has 4 heteroatoms. The van der Waals surface area contributed by atoms with E-state index < -0.39 is 0 Å². The molecular weight excluding hydrogens is 307 g/mol. The number of nitrogens with zero attached hydrogens (tertiary/aromatic N) is 1. The molecule has 0 bridgehead atoms. The van der Waals surface area contributed by atoms with Crippen LogP contribution in [0.4, 0.5) is 5.69 Å². The molecule has 0 aliphatic rings. The molecule has 0 atom stereocenters. The maximum Gasteiger partial charge on any atom is 0.0696 e. The number of halogens is 1. The molecule has 0 fully saturated rings. The number of hydrogen-bond donors (Lipinski definition) is 1. The highest BCUT2D eigenvalue weighted by atomic mass is 127. The highest BCUT2D eigenvalue weighted by Gasteiger charge is 2.06. The second-order valence-corrected chi connectivity index (χ2v) is 5.15. The predicted octanol–water partition coefficient (Wildman–Crippen LogP) is 3.15. The van der Waals surface area contributed by atoms with Crippen LogP contribution in [-0.2, 0) is 6.42 Å². The van der Waals surface area contributed by atoms with Crippen LogP contribution in [0.25, 0.3) is 10.1 Å². The quantitative estimate of drug-likeness (QED) is 0.649. The number of nitrogens with two attached hydrogens (primary N) is 1. The monoisotopic (exact) mass is 314 g/mol. The molecule has 1 aromatic heterocycles. The topological polar surface area (TPSA) is 49.8 Å². The second-order valence-electron chi connectivity index (χ2n) is 2.93. The van der Waals surface area contributed by atoms with Crippen LogP contribution in [0.5, 0.6) is 0 Å². The summed E-state index contributed by atoms with van der Waals surface area (Å²) in [5.74, 6) is 0.